The molecule has 2 N–H and O–H groups in total. The lowest BCUT2D eigenvalue weighted by molar-refractivity contribution is 0.356. The van der Waals surface area contributed by atoms with Gasteiger partial charge in [0.1, 0.15) is 0 Å². The summed E-state index contributed by atoms with van der Waals surface area (Å²) in [5, 5.41) is 7.38. The van der Waals surface area contributed by atoms with Crippen molar-refractivity contribution in [3.8, 4) is 0 Å². The van der Waals surface area contributed by atoms with Gasteiger partial charge < -0.3 is 10.6 Å². The number of sulfonamides is 1. The molecule has 0 amide bonds. The zero-order chi connectivity index (χ0) is 20.1. The molecule has 27 heavy (non-hydrogen) atoms. The third-order valence-corrected chi connectivity index (χ3v) is 6.35. The SMILES string of the molecule is CN=C(NC[C@H]1CCCN1S(C)(=O)=O)NCC(C)(C)Cc1cccc(Cl)c1. The predicted molar refractivity (Wildman–Crippen MR) is 113 cm³/mol. The van der Waals surface area contributed by atoms with E-state index in [1.54, 1.807) is 11.4 Å². The van der Waals surface area contributed by atoms with Crippen LogP contribution >= 0.6 is 11.6 Å². The fourth-order valence-corrected chi connectivity index (χ4v) is 4.87. The van der Waals surface area contributed by atoms with E-state index in [0.717, 1.165) is 30.8 Å². The molecule has 1 atom stereocenters. The molecule has 1 heterocycles. The van der Waals surface area contributed by atoms with E-state index in [-0.39, 0.29) is 11.5 Å². The normalized spacial score (nSPS) is 19.3. The van der Waals surface area contributed by atoms with Gasteiger partial charge in [-0.2, -0.15) is 4.31 Å². The van der Waals surface area contributed by atoms with Crippen LogP contribution in [0.5, 0.6) is 0 Å². The average Bonchev–Trinajstić information content (AvgIpc) is 3.03. The summed E-state index contributed by atoms with van der Waals surface area (Å²) in [4.78, 5) is 4.27. The van der Waals surface area contributed by atoms with Crippen molar-refractivity contribution in [1.82, 2.24) is 14.9 Å². The molecule has 1 aromatic rings. The Hall–Kier alpha value is -1.31. The number of guanidine groups is 1. The third-order valence-electron chi connectivity index (χ3n) is 4.78. The highest BCUT2D eigenvalue weighted by Gasteiger charge is 2.31. The van der Waals surface area contributed by atoms with E-state index < -0.39 is 10.0 Å². The molecule has 0 bridgehead atoms. The van der Waals surface area contributed by atoms with E-state index in [2.05, 4.69) is 35.5 Å². The van der Waals surface area contributed by atoms with Gasteiger partial charge >= 0.3 is 0 Å². The van der Waals surface area contributed by atoms with Crippen LogP contribution in [-0.2, 0) is 16.4 Å². The second kappa shape index (κ2) is 9.26. The second-order valence-corrected chi connectivity index (χ2v) is 10.3. The van der Waals surface area contributed by atoms with Gasteiger partial charge in [-0.05, 0) is 42.4 Å². The summed E-state index contributed by atoms with van der Waals surface area (Å²) in [6.07, 6.45) is 3.94. The van der Waals surface area contributed by atoms with Crippen LogP contribution in [0.15, 0.2) is 29.3 Å². The van der Waals surface area contributed by atoms with Gasteiger partial charge in [-0.25, -0.2) is 8.42 Å². The first-order chi connectivity index (χ1) is 12.6. The molecule has 1 aliphatic rings. The van der Waals surface area contributed by atoms with Crippen molar-refractivity contribution < 1.29 is 8.42 Å². The number of benzene rings is 1. The summed E-state index contributed by atoms with van der Waals surface area (Å²) in [7, 11) is -1.43. The molecule has 1 saturated heterocycles. The highest BCUT2D eigenvalue weighted by atomic mass is 35.5. The van der Waals surface area contributed by atoms with E-state index in [1.807, 2.05) is 18.2 Å². The maximum absolute atomic E-state index is 11.9. The number of rotatable bonds is 7. The molecule has 6 nitrogen and oxygen atoms in total. The molecule has 2 rings (SSSR count). The molecule has 0 radical (unpaired) electrons. The molecule has 8 heteroatoms. The Labute approximate surface area is 168 Å². The number of nitrogens with one attached hydrogen (secondary N) is 2. The topological polar surface area (TPSA) is 73.8 Å². The monoisotopic (exact) mass is 414 g/mol. The molecule has 1 fully saturated rings. The lowest BCUT2D eigenvalue weighted by Gasteiger charge is -2.27. The Morgan fingerprint density at radius 2 is 2.11 bits per heavy atom. The van der Waals surface area contributed by atoms with Gasteiger partial charge in [-0.1, -0.05) is 37.6 Å². The van der Waals surface area contributed by atoms with Crippen LogP contribution in [0.3, 0.4) is 0 Å². The second-order valence-electron chi connectivity index (χ2n) is 7.95. The first-order valence-electron chi connectivity index (χ1n) is 9.26. The van der Waals surface area contributed by atoms with Crippen LogP contribution in [0, 0.1) is 5.41 Å². The van der Waals surface area contributed by atoms with Crippen molar-refractivity contribution >= 4 is 27.6 Å². The molecular weight excluding hydrogens is 384 g/mol. The Bertz CT molecular complexity index is 765. The zero-order valence-corrected chi connectivity index (χ0v) is 18.2. The number of hydrogen-bond donors (Lipinski definition) is 2. The summed E-state index contributed by atoms with van der Waals surface area (Å²) in [5.41, 5.74) is 1.21. The zero-order valence-electron chi connectivity index (χ0n) is 16.6. The van der Waals surface area contributed by atoms with Crippen molar-refractivity contribution in [2.45, 2.75) is 39.2 Å². The minimum absolute atomic E-state index is 0.00839. The van der Waals surface area contributed by atoms with E-state index in [9.17, 15) is 8.42 Å². The number of halogens is 1. The smallest absolute Gasteiger partial charge is 0.211 e. The van der Waals surface area contributed by atoms with Gasteiger partial charge in [0, 0.05) is 37.7 Å². The van der Waals surface area contributed by atoms with Crippen LogP contribution in [-0.4, -0.2) is 57.7 Å². The quantitative estimate of drug-likeness (QED) is 0.531. The number of nitrogens with zero attached hydrogens (tertiary/aromatic N) is 2. The van der Waals surface area contributed by atoms with Gasteiger partial charge in [-0.3, -0.25) is 4.99 Å². The Balaban J connectivity index is 1.86. The molecule has 152 valence electrons. The number of hydrogen-bond acceptors (Lipinski definition) is 3. The van der Waals surface area contributed by atoms with Crippen molar-refractivity contribution in [1.29, 1.82) is 0 Å². The molecule has 0 unspecified atom stereocenters. The third kappa shape index (κ3) is 6.97. The highest BCUT2D eigenvalue weighted by molar-refractivity contribution is 7.88. The first kappa shape index (κ1) is 22.0. The van der Waals surface area contributed by atoms with Gasteiger partial charge in [0.2, 0.25) is 10.0 Å². The summed E-state index contributed by atoms with van der Waals surface area (Å²) in [6.45, 7) is 6.28. The van der Waals surface area contributed by atoms with E-state index >= 15 is 0 Å². The van der Waals surface area contributed by atoms with Crippen molar-refractivity contribution in [2.75, 3.05) is 32.9 Å². The van der Waals surface area contributed by atoms with Crippen LogP contribution in [0.2, 0.25) is 5.02 Å². The maximum Gasteiger partial charge on any atom is 0.211 e. The van der Waals surface area contributed by atoms with Gasteiger partial charge in [0.25, 0.3) is 0 Å². The highest BCUT2D eigenvalue weighted by Crippen LogP contribution is 2.23. The number of aliphatic imine (C=N–C) groups is 1. The predicted octanol–water partition coefficient (Wildman–Crippen LogP) is 2.50. The summed E-state index contributed by atoms with van der Waals surface area (Å²) in [6, 6.07) is 7.91. The van der Waals surface area contributed by atoms with Crippen molar-refractivity contribution in [3.63, 3.8) is 0 Å². The molecule has 0 spiro atoms. The Morgan fingerprint density at radius 3 is 2.74 bits per heavy atom. The van der Waals surface area contributed by atoms with E-state index in [0.29, 0.717) is 19.0 Å². The van der Waals surface area contributed by atoms with Crippen LogP contribution in [0.4, 0.5) is 0 Å². The molecule has 1 aromatic carbocycles. The molecule has 1 aliphatic heterocycles. The van der Waals surface area contributed by atoms with E-state index in [1.165, 1.54) is 11.8 Å². The lowest BCUT2D eigenvalue weighted by atomic mass is 9.86. The molecule has 0 aliphatic carbocycles. The minimum atomic E-state index is -3.16. The largest absolute Gasteiger partial charge is 0.356 e. The fraction of sp³-hybridized carbons (Fsp3) is 0.632. The van der Waals surface area contributed by atoms with Crippen LogP contribution in [0.1, 0.15) is 32.3 Å². The summed E-state index contributed by atoms with van der Waals surface area (Å²) >= 11 is 6.08. The molecule has 0 aromatic heterocycles. The lowest BCUT2D eigenvalue weighted by Crippen LogP contribution is -2.48. The van der Waals surface area contributed by atoms with Gasteiger partial charge in [0.15, 0.2) is 5.96 Å². The minimum Gasteiger partial charge on any atom is -0.356 e. The van der Waals surface area contributed by atoms with Gasteiger partial charge in [0.05, 0.1) is 6.26 Å². The molecular formula is C19H31ClN4O2S. The maximum atomic E-state index is 11.9. The van der Waals surface area contributed by atoms with Crippen molar-refractivity contribution in [3.05, 3.63) is 34.9 Å². The van der Waals surface area contributed by atoms with Gasteiger partial charge in [-0.15, -0.1) is 0 Å². The summed E-state index contributed by atoms with van der Waals surface area (Å²) in [5.74, 6) is 0.689. The van der Waals surface area contributed by atoms with Crippen LogP contribution in [0.25, 0.3) is 0 Å². The Morgan fingerprint density at radius 1 is 1.37 bits per heavy atom. The van der Waals surface area contributed by atoms with Crippen molar-refractivity contribution in [2.24, 2.45) is 10.4 Å². The molecule has 0 saturated carbocycles. The summed E-state index contributed by atoms with van der Waals surface area (Å²) < 4.78 is 25.3. The Kier molecular flexibility index (Phi) is 7.54. The van der Waals surface area contributed by atoms with Crippen LogP contribution < -0.4 is 10.6 Å². The van der Waals surface area contributed by atoms with E-state index in [4.69, 9.17) is 11.6 Å². The average molecular weight is 415 g/mol. The standard InChI is InChI=1S/C19H31ClN4O2S/c1-19(2,12-15-7-5-8-16(20)11-15)14-23-18(21-3)22-13-17-9-6-10-24(17)27(4,25)26/h5,7-8,11,17H,6,9-10,12-14H2,1-4H3,(H2,21,22,23)/t17-/m1/s1. The fourth-order valence-electron chi connectivity index (χ4n) is 3.47. The first-order valence-corrected chi connectivity index (χ1v) is 11.5.